The number of ether oxygens (including phenoxy) is 2. The molecule has 7 heteroatoms. The van der Waals surface area contributed by atoms with E-state index in [1.165, 1.54) is 6.07 Å². The molecule has 1 N–H and O–H groups in total. The number of rotatable bonds is 6. The lowest BCUT2D eigenvalue weighted by Crippen LogP contribution is -2.26. The first-order chi connectivity index (χ1) is 14.3. The summed E-state index contributed by atoms with van der Waals surface area (Å²) in [6.07, 6.45) is 1.27. The van der Waals surface area contributed by atoms with E-state index in [4.69, 9.17) is 9.47 Å². The van der Waals surface area contributed by atoms with Crippen LogP contribution in [0.5, 0.6) is 17.2 Å². The minimum atomic E-state index is -4.52. The maximum atomic E-state index is 13.2. The molecule has 1 fully saturated rings. The largest absolute Gasteiger partial charge is 0.494 e. The molecule has 1 saturated carbocycles. The SMILES string of the molecule is CCOc1ccc(Oc2ccc(C(F)(F)F)cc2NC(=O)C2CC3C=CC2C3)cc1. The van der Waals surface area contributed by atoms with Gasteiger partial charge in [0, 0.05) is 5.92 Å². The molecule has 3 unspecified atom stereocenters. The summed E-state index contributed by atoms with van der Waals surface area (Å²) < 4.78 is 50.8. The third-order valence-corrected chi connectivity index (χ3v) is 5.54. The average molecular weight is 417 g/mol. The van der Waals surface area contributed by atoms with E-state index in [2.05, 4.69) is 11.4 Å². The van der Waals surface area contributed by atoms with Crippen LogP contribution in [0.1, 0.15) is 25.3 Å². The van der Waals surface area contributed by atoms with Gasteiger partial charge in [-0.1, -0.05) is 12.2 Å². The number of benzene rings is 2. The molecule has 2 bridgehead atoms. The van der Waals surface area contributed by atoms with E-state index in [1.54, 1.807) is 24.3 Å². The summed E-state index contributed by atoms with van der Waals surface area (Å²) in [6, 6.07) is 9.84. The van der Waals surface area contributed by atoms with E-state index >= 15 is 0 Å². The lowest BCUT2D eigenvalue weighted by Gasteiger charge is -2.20. The van der Waals surface area contributed by atoms with Crippen molar-refractivity contribution < 1.29 is 27.4 Å². The Morgan fingerprint density at radius 2 is 1.80 bits per heavy atom. The molecule has 4 nitrogen and oxygen atoms in total. The van der Waals surface area contributed by atoms with E-state index in [1.807, 2.05) is 13.0 Å². The highest BCUT2D eigenvalue weighted by Crippen LogP contribution is 2.44. The summed E-state index contributed by atoms with van der Waals surface area (Å²) in [4.78, 5) is 12.8. The average Bonchev–Trinajstić information content (AvgIpc) is 3.34. The highest BCUT2D eigenvalue weighted by atomic mass is 19.4. The molecule has 2 aromatic carbocycles. The molecule has 3 atom stereocenters. The predicted octanol–water partition coefficient (Wildman–Crippen LogP) is 6.05. The normalized spacial score (nSPS) is 22.2. The molecule has 0 heterocycles. The number of allylic oxidation sites excluding steroid dienone is 2. The summed E-state index contributed by atoms with van der Waals surface area (Å²) >= 11 is 0. The number of carbonyl (C=O) groups excluding carboxylic acids is 1. The van der Waals surface area contributed by atoms with Crippen LogP contribution in [0.15, 0.2) is 54.6 Å². The third kappa shape index (κ3) is 4.30. The number of halogens is 3. The Labute approximate surface area is 172 Å². The number of carbonyl (C=O) groups is 1. The van der Waals surface area contributed by atoms with Gasteiger partial charge in [-0.05, 0) is 74.1 Å². The number of hydrogen-bond donors (Lipinski definition) is 1. The smallest absolute Gasteiger partial charge is 0.416 e. The highest BCUT2D eigenvalue weighted by Gasteiger charge is 2.40. The Morgan fingerprint density at radius 3 is 2.40 bits per heavy atom. The fourth-order valence-electron chi connectivity index (χ4n) is 4.10. The molecule has 30 heavy (non-hydrogen) atoms. The maximum absolute atomic E-state index is 13.2. The fourth-order valence-corrected chi connectivity index (χ4v) is 4.10. The third-order valence-electron chi connectivity index (χ3n) is 5.54. The Kier molecular flexibility index (Phi) is 5.45. The number of anilines is 1. The Hall–Kier alpha value is -2.96. The van der Waals surface area contributed by atoms with Crippen molar-refractivity contribution in [3.05, 3.63) is 60.2 Å². The van der Waals surface area contributed by atoms with E-state index in [9.17, 15) is 18.0 Å². The quantitative estimate of drug-likeness (QED) is 0.583. The van der Waals surface area contributed by atoms with Crippen LogP contribution in [0.3, 0.4) is 0 Å². The zero-order valence-corrected chi connectivity index (χ0v) is 16.4. The molecular formula is C23H22F3NO3. The number of amides is 1. The van der Waals surface area contributed by atoms with Crippen molar-refractivity contribution in [2.75, 3.05) is 11.9 Å². The molecular weight excluding hydrogens is 395 g/mol. The van der Waals surface area contributed by atoms with Gasteiger partial charge < -0.3 is 14.8 Å². The van der Waals surface area contributed by atoms with Gasteiger partial charge in [0.05, 0.1) is 17.9 Å². The Morgan fingerprint density at radius 1 is 1.07 bits per heavy atom. The standard InChI is InChI=1S/C23H22F3NO3/c1-2-29-17-6-8-18(9-7-17)30-21-10-5-16(23(24,25)26)13-20(21)27-22(28)19-12-14-3-4-15(19)11-14/h3-10,13-15,19H,2,11-12H2,1H3,(H,27,28). The lowest BCUT2D eigenvalue weighted by atomic mass is 9.92. The van der Waals surface area contributed by atoms with Crippen LogP contribution in [-0.4, -0.2) is 12.5 Å². The maximum Gasteiger partial charge on any atom is 0.416 e. The molecule has 0 aromatic heterocycles. The van der Waals surface area contributed by atoms with Crippen molar-refractivity contribution >= 4 is 11.6 Å². The number of alkyl halides is 3. The molecule has 0 aliphatic heterocycles. The van der Waals surface area contributed by atoms with Crippen LogP contribution in [-0.2, 0) is 11.0 Å². The van der Waals surface area contributed by atoms with Crippen molar-refractivity contribution in [2.24, 2.45) is 17.8 Å². The number of fused-ring (bicyclic) bond motifs is 2. The van der Waals surface area contributed by atoms with Gasteiger partial charge in [0.2, 0.25) is 5.91 Å². The van der Waals surface area contributed by atoms with E-state index in [0.717, 1.165) is 25.0 Å². The first-order valence-corrected chi connectivity index (χ1v) is 9.94. The van der Waals surface area contributed by atoms with Crippen LogP contribution in [0.4, 0.5) is 18.9 Å². The first-order valence-electron chi connectivity index (χ1n) is 9.94. The molecule has 2 aliphatic rings. The van der Waals surface area contributed by atoms with Gasteiger partial charge in [-0.25, -0.2) is 0 Å². The molecule has 2 aromatic rings. The second kappa shape index (κ2) is 8.05. The van der Waals surface area contributed by atoms with Crippen LogP contribution in [0.2, 0.25) is 0 Å². The second-order valence-corrected chi connectivity index (χ2v) is 7.59. The second-order valence-electron chi connectivity index (χ2n) is 7.59. The Bertz CT molecular complexity index is 953. The van der Waals surface area contributed by atoms with Crippen molar-refractivity contribution in [1.82, 2.24) is 0 Å². The molecule has 0 radical (unpaired) electrons. The summed E-state index contributed by atoms with van der Waals surface area (Å²) in [5.74, 6) is 1.27. The van der Waals surface area contributed by atoms with Crippen molar-refractivity contribution in [3.8, 4) is 17.2 Å². The topological polar surface area (TPSA) is 47.6 Å². The first kappa shape index (κ1) is 20.3. The molecule has 0 saturated heterocycles. The van der Waals surface area contributed by atoms with Crippen LogP contribution >= 0.6 is 0 Å². The fraction of sp³-hybridized carbons (Fsp3) is 0.348. The predicted molar refractivity (Wildman–Crippen MR) is 107 cm³/mol. The van der Waals surface area contributed by atoms with Crippen LogP contribution < -0.4 is 14.8 Å². The summed E-state index contributed by atoms with van der Waals surface area (Å²) in [5.41, 5.74) is -0.833. The van der Waals surface area contributed by atoms with E-state index in [0.29, 0.717) is 24.0 Å². The van der Waals surface area contributed by atoms with Gasteiger partial charge in [-0.3, -0.25) is 4.79 Å². The summed E-state index contributed by atoms with van der Waals surface area (Å²) in [7, 11) is 0. The molecule has 2 aliphatic carbocycles. The minimum absolute atomic E-state index is 0.00969. The summed E-state index contributed by atoms with van der Waals surface area (Å²) in [5, 5.41) is 2.68. The molecule has 1 amide bonds. The Balaban J connectivity index is 1.57. The zero-order chi connectivity index (χ0) is 21.3. The van der Waals surface area contributed by atoms with Gasteiger partial charge in [0.15, 0.2) is 5.75 Å². The van der Waals surface area contributed by atoms with Gasteiger partial charge in [0.1, 0.15) is 11.5 Å². The minimum Gasteiger partial charge on any atom is -0.494 e. The van der Waals surface area contributed by atoms with Crippen molar-refractivity contribution in [1.29, 1.82) is 0 Å². The summed E-state index contributed by atoms with van der Waals surface area (Å²) in [6.45, 7) is 2.39. The van der Waals surface area contributed by atoms with Crippen molar-refractivity contribution in [3.63, 3.8) is 0 Å². The molecule has 158 valence electrons. The van der Waals surface area contributed by atoms with E-state index < -0.39 is 11.7 Å². The monoisotopic (exact) mass is 417 g/mol. The zero-order valence-electron chi connectivity index (χ0n) is 16.4. The molecule has 0 spiro atoms. The van der Waals surface area contributed by atoms with Gasteiger partial charge in [-0.15, -0.1) is 0 Å². The highest BCUT2D eigenvalue weighted by molar-refractivity contribution is 5.94. The van der Waals surface area contributed by atoms with Gasteiger partial charge >= 0.3 is 6.18 Å². The van der Waals surface area contributed by atoms with Crippen LogP contribution in [0.25, 0.3) is 0 Å². The van der Waals surface area contributed by atoms with Crippen molar-refractivity contribution in [2.45, 2.75) is 25.9 Å². The lowest BCUT2D eigenvalue weighted by molar-refractivity contribution is -0.137. The number of hydrogen-bond acceptors (Lipinski definition) is 3. The molecule has 4 rings (SSSR count). The van der Waals surface area contributed by atoms with Gasteiger partial charge in [-0.2, -0.15) is 13.2 Å². The van der Waals surface area contributed by atoms with E-state index in [-0.39, 0.29) is 29.2 Å². The van der Waals surface area contributed by atoms with Gasteiger partial charge in [0.25, 0.3) is 0 Å². The van der Waals surface area contributed by atoms with Crippen LogP contribution in [0, 0.1) is 17.8 Å². The number of nitrogens with one attached hydrogen (secondary N) is 1.